The van der Waals surface area contributed by atoms with Crippen molar-refractivity contribution in [1.29, 1.82) is 0 Å². The van der Waals surface area contributed by atoms with Gasteiger partial charge in [-0.1, -0.05) is 19.8 Å². The number of nitrogens with zero attached hydrogens (tertiary/aromatic N) is 1. The summed E-state index contributed by atoms with van der Waals surface area (Å²) in [5, 5.41) is 0. The lowest BCUT2D eigenvalue weighted by atomic mass is 9.90. The smallest absolute Gasteiger partial charge is 0.0311 e. The molecule has 0 aromatic heterocycles. The molecule has 0 aromatic rings. The molecule has 2 fully saturated rings. The third kappa shape index (κ3) is 2.28. The zero-order valence-corrected chi connectivity index (χ0v) is 11.2. The summed E-state index contributed by atoms with van der Waals surface area (Å²) < 4.78 is 0. The van der Waals surface area contributed by atoms with E-state index in [1.807, 2.05) is 0 Å². The highest BCUT2D eigenvalue weighted by atomic mass is 15.3. The molecule has 1 aliphatic carbocycles. The fourth-order valence-corrected chi connectivity index (χ4v) is 3.68. The second kappa shape index (κ2) is 4.66. The van der Waals surface area contributed by atoms with Crippen molar-refractivity contribution in [3.8, 4) is 0 Å². The first kappa shape index (κ1) is 12.4. The van der Waals surface area contributed by atoms with Crippen LogP contribution >= 0.6 is 0 Å². The van der Waals surface area contributed by atoms with E-state index >= 15 is 0 Å². The maximum absolute atomic E-state index is 6.10. The van der Waals surface area contributed by atoms with Crippen molar-refractivity contribution in [3.05, 3.63) is 0 Å². The van der Waals surface area contributed by atoms with Crippen LogP contribution in [0.25, 0.3) is 0 Å². The normalized spacial score (nSPS) is 35.2. The minimum atomic E-state index is 0.262. The Morgan fingerprint density at radius 3 is 2.44 bits per heavy atom. The summed E-state index contributed by atoms with van der Waals surface area (Å²) in [5.74, 6) is 0.971. The standard InChI is InChI=1S/C14H28N2/c1-4-13-8-5-11(2)16(13)14(3,10-15)9-12-6-7-12/h11-13H,4-10,15H2,1-3H3. The largest absolute Gasteiger partial charge is 0.329 e. The molecule has 3 atom stereocenters. The fourth-order valence-electron chi connectivity index (χ4n) is 3.68. The van der Waals surface area contributed by atoms with Gasteiger partial charge >= 0.3 is 0 Å². The molecule has 0 spiro atoms. The van der Waals surface area contributed by atoms with Crippen LogP contribution in [0.15, 0.2) is 0 Å². The van der Waals surface area contributed by atoms with Crippen LogP contribution < -0.4 is 5.73 Å². The van der Waals surface area contributed by atoms with Gasteiger partial charge in [0, 0.05) is 24.2 Å². The molecular formula is C14H28N2. The minimum absolute atomic E-state index is 0.262. The van der Waals surface area contributed by atoms with Gasteiger partial charge in [0.05, 0.1) is 0 Å². The van der Waals surface area contributed by atoms with Gasteiger partial charge in [-0.2, -0.15) is 0 Å². The predicted octanol–water partition coefficient (Wildman–Crippen LogP) is 2.77. The SMILES string of the molecule is CCC1CCC(C)N1C(C)(CN)CC1CC1. The molecule has 1 saturated carbocycles. The van der Waals surface area contributed by atoms with Crippen LogP contribution in [0, 0.1) is 5.92 Å². The molecule has 1 heterocycles. The van der Waals surface area contributed by atoms with Crippen molar-refractivity contribution in [2.24, 2.45) is 11.7 Å². The summed E-state index contributed by atoms with van der Waals surface area (Å²) in [5.41, 5.74) is 6.36. The Hall–Kier alpha value is -0.0800. The monoisotopic (exact) mass is 224 g/mol. The Labute approximate surface area is 101 Å². The van der Waals surface area contributed by atoms with Gasteiger partial charge < -0.3 is 5.73 Å². The lowest BCUT2D eigenvalue weighted by Crippen LogP contribution is -2.56. The highest BCUT2D eigenvalue weighted by molar-refractivity contribution is 5.00. The maximum atomic E-state index is 6.10. The lowest BCUT2D eigenvalue weighted by molar-refractivity contribution is 0.0483. The van der Waals surface area contributed by atoms with Crippen molar-refractivity contribution in [2.75, 3.05) is 6.54 Å². The van der Waals surface area contributed by atoms with Crippen LogP contribution in [0.2, 0.25) is 0 Å². The van der Waals surface area contributed by atoms with E-state index in [9.17, 15) is 0 Å². The van der Waals surface area contributed by atoms with E-state index in [0.29, 0.717) is 0 Å². The summed E-state index contributed by atoms with van der Waals surface area (Å²) >= 11 is 0. The van der Waals surface area contributed by atoms with E-state index in [2.05, 4.69) is 25.7 Å². The molecule has 1 saturated heterocycles. The molecule has 0 aromatic carbocycles. The molecule has 0 radical (unpaired) electrons. The van der Waals surface area contributed by atoms with Crippen LogP contribution in [-0.4, -0.2) is 29.1 Å². The van der Waals surface area contributed by atoms with Crippen LogP contribution in [0.5, 0.6) is 0 Å². The molecular weight excluding hydrogens is 196 g/mol. The zero-order valence-electron chi connectivity index (χ0n) is 11.2. The van der Waals surface area contributed by atoms with Crippen LogP contribution in [-0.2, 0) is 0 Å². The molecule has 3 unspecified atom stereocenters. The first-order chi connectivity index (χ1) is 7.60. The number of hydrogen-bond donors (Lipinski definition) is 1. The molecule has 2 N–H and O–H groups in total. The summed E-state index contributed by atoms with van der Waals surface area (Å²) in [4.78, 5) is 2.76. The van der Waals surface area contributed by atoms with Gasteiger partial charge in [-0.15, -0.1) is 0 Å². The van der Waals surface area contributed by atoms with E-state index in [4.69, 9.17) is 5.73 Å². The number of likely N-dealkylation sites (tertiary alicyclic amines) is 1. The number of rotatable bonds is 5. The van der Waals surface area contributed by atoms with Gasteiger partial charge in [-0.3, -0.25) is 4.90 Å². The lowest BCUT2D eigenvalue weighted by Gasteiger charge is -2.44. The van der Waals surface area contributed by atoms with Crippen LogP contribution in [0.4, 0.5) is 0 Å². The summed E-state index contributed by atoms with van der Waals surface area (Å²) in [6, 6.07) is 1.51. The fraction of sp³-hybridized carbons (Fsp3) is 1.00. The third-order valence-corrected chi connectivity index (χ3v) is 4.75. The van der Waals surface area contributed by atoms with Crippen molar-refractivity contribution < 1.29 is 0 Å². The molecule has 2 nitrogen and oxygen atoms in total. The van der Waals surface area contributed by atoms with E-state index in [1.54, 1.807) is 0 Å². The van der Waals surface area contributed by atoms with Crippen molar-refractivity contribution >= 4 is 0 Å². The summed E-state index contributed by atoms with van der Waals surface area (Å²) in [7, 11) is 0. The molecule has 1 aliphatic heterocycles. The summed E-state index contributed by atoms with van der Waals surface area (Å²) in [6.07, 6.45) is 8.22. The minimum Gasteiger partial charge on any atom is -0.329 e. The third-order valence-electron chi connectivity index (χ3n) is 4.75. The molecule has 0 amide bonds. The molecule has 94 valence electrons. The van der Waals surface area contributed by atoms with E-state index in [-0.39, 0.29) is 5.54 Å². The Balaban J connectivity index is 2.10. The average molecular weight is 224 g/mol. The van der Waals surface area contributed by atoms with Crippen molar-refractivity contribution in [1.82, 2.24) is 4.90 Å². The second-order valence-corrected chi connectivity index (χ2v) is 6.24. The first-order valence-electron chi connectivity index (χ1n) is 7.09. The number of hydrogen-bond acceptors (Lipinski definition) is 2. The molecule has 2 rings (SSSR count). The van der Waals surface area contributed by atoms with E-state index < -0.39 is 0 Å². The summed E-state index contributed by atoms with van der Waals surface area (Å²) in [6.45, 7) is 7.93. The van der Waals surface area contributed by atoms with Crippen LogP contribution in [0.3, 0.4) is 0 Å². The average Bonchev–Trinajstić information content (AvgIpc) is 2.99. The second-order valence-electron chi connectivity index (χ2n) is 6.24. The molecule has 2 heteroatoms. The highest BCUT2D eigenvalue weighted by Crippen LogP contribution is 2.42. The highest BCUT2D eigenvalue weighted by Gasteiger charge is 2.44. The van der Waals surface area contributed by atoms with Crippen molar-refractivity contribution in [2.45, 2.75) is 76.9 Å². The molecule has 16 heavy (non-hydrogen) atoms. The van der Waals surface area contributed by atoms with Gasteiger partial charge in [0.15, 0.2) is 0 Å². The zero-order chi connectivity index (χ0) is 11.8. The van der Waals surface area contributed by atoms with Gasteiger partial charge in [-0.25, -0.2) is 0 Å². The Bertz CT molecular complexity index is 237. The van der Waals surface area contributed by atoms with Gasteiger partial charge in [0.25, 0.3) is 0 Å². The number of nitrogens with two attached hydrogens (primary N) is 1. The van der Waals surface area contributed by atoms with Gasteiger partial charge in [-0.05, 0) is 45.4 Å². The first-order valence-corrected chi connectivity index (χ1v) is 7.09. The van der Waals surface area contributed by atoms with Gasteiger partial charge in [0.2, 0.25) is 0 Å². The molecule has 2 aliphatic rings. The Morgan fingerprint density at radius 1 is 1.25 bits per heavy atom. The van der Waals surface area contributed by atoms with Crippen molar-refractivity contribution in [3.63, 3.8) is 0 Å². The Kier molecular flexibility index (Phi) is 3.60. The Morgan fingerprint density at radius 2 is 1.94 bits per heavy atom. The van der Waals surface area contributed by atoms with Gasteiger partial charge in [0.1, 0.15) is 0 Å². The van der Waals surface area contributed by atoms with E-state index in [1.165, 1.54) is 38.5 Å². The molecule has 0 bridgehead atoms. The topological polar surface area (TPSA) is 29.3 Å². The quantitative estimate of drug-likeness (QED) is 0.778. The van der Waals surface area contributed by atoms with Crippen LogP contribution in [0.1, 0.15) is 59.3 Å². The van der Waals surface area contributed by atoms with E-state index in [0.717, 1.165) is 24.5 Å². The predicted molar refractivity (Wildman–Crippen MR) is 69.4 cm³/mol. The maximum Gasteiger partial charge on any atom is 0.0311 e.